The molecule has 2 N–H and O–H groups in total. The Morgan fingerprint density at radius 3 is 2.59 bits per heavy atom. The van der Waals surface area contributed by atoms with Gasteiger partial charge in [-0.2, -0.15) is 13.9 Å². The van der Waals surface area contributed by atoms with Crippen LogP contribution in [-0.4, -0.2) is 62.5 Å². The minimum Gasteiger partial charge on any atom is -0.390 e. The van der Waals surface area contributed by atoms with Gasteiger partial charge in [0, 0.05) is 58.6 Å². The van der Waals surface area contributed by atoms with Gasteiger partial charge in [-0.05, 0) is 62.6 Å². The first-order valence-corrected chi connectivity index (χ1v) is 17.2. The number of halogens is 4. The van der Waals surface area contributed by atoms with Crippen LogP contribution < -0.4 is 4.72 Å². The van der Waals surface area contributed by atoms with Crippen LogP contribution in [0.1, 0.15) is 67.9 Å². The van der Waals surface area contributed by atoms with E-state index in [9.17, 15) is 26.7 Å². The molecule has 3 fully saturated rings. The summed E-state index contributed by atoms with van der Waals surface area (Å²) in [4.78, 5) is 11.3. The van der Waals surface area contributed by atoms with Crippen LogP contribution in [0, 0.1) is 17.7 Å². The summed E-state index contributed by atoms with van der Waals surface area (Å²) in [5.41, 5.74) is 0.954. The lowest BCUT2D eigenvalue weighted by Gasteiger charge is -2.40. The van der Waals surface area contributed by atoms with E-state index in [1.54, 1.807) is 11.6 Å². The van der Waals surface area contributed by atoms with E-state index in [1.807, 2.05) is 11.8 Å². The highest BCUT2D eigenvalue weighted by atomic mass is 35.5. The van der Waals surface area contributed by atoms with Crippen LogP contribution in [0.2, 0.25) is 5.02 Å². The second-order valence-corrected chi connectivity index (χ2v) is 15.4. The molecule has 1 aromatic carbocycles. The minimum atomic E-state index is -3.77. The summed E-state index contributed by atoms with van der Waals surface area (Å²) < 4.78 is 72.3. The predicted octanol–water partition coefficient (Wildman–Crippen LogP) is 5.37. The third-order valence-corrected chi connectivity index (χ3v) is 12.6. The Bertz CT molecular complexity index is 1740. The number of nitrogens with one attached hydrogen (secondary N) is 1. The minimum absolute atomic E-state index is 0.0677. The zero-order valence-electron chi connectivity index (χ0n) is 23.6. The molecule has 2 unspecified atom stereocenters. The lowest BCUT2D eigenvalue weighted by Crippen LogP contribution is -2.50. The summed E-state index contributed by atoms with van der Waals surface area (Å²) in [5.74, 6) is -0.195. The normalized spacial score (nSPS) is 30.3. The van der Waals surface area contributed by atoms with Crippen LogP contribution in [0.25, 0.3) is 5.57 Å². The fourth-order valence-electron chi connectivity index (χ4n) is 7.38. The van der Waals surface area contributed by atoms with Gasteiger partial charge in [-0.15, -0.1) is 11.3 Å². The molecule has 0 amide bonds. The molecule has 0 radical (unpaired) electrons. The number of aliphatic imine (C=N–C) groups is 1. The van der Waals surface area contributed by atoms with Crippen LogP contribution in [0.15, 0.2) is 52.7 Å². The summed E-state index contributed by atoms with van der Waals surface area (Å²) in [5, 5.41) is 16.9. The van der Waals surface area contributed by atoms with Crippen LogP contribution >= 0.6 is 22.9 Å². The smallest absolute Gasteiger partial charge is 0.333 e. The molecular weight excluding hydrogens is 637 g/mol. The van der Waals surface area contributed by atoms with Crippen molar-refractivity contribution < 1.29 is 26.7 Å². The molecule has 44 heavy (non-hydrogen) atoms. The molecule has 2 aliphatic carbocycles. The second-order valence-electron chi connectivity index (χ2n) is 12.1. The zero-order chi connectivity index (χ0) is 31.0. The van der Waals surface area contributed by atoms with E-state index in [1.165, 1.54) is 41.8 Å². The number of nitrogens with zero attached hydrogens (tertiary/aromatic N) is 5. The second kappa shape index (κ2) is 10.9. The first-order chi connectivity index (χ1) is 20.9. The van der Waals surface area contributed by atoms with E-state index in [4.69, 9.17) is 16.6 Å². The molecule has 1 saturated heterocycles. The summed E-state index contributed by atoms with van der Waals surface area (Å²) in [6.45, 7) is -0.827. The molecule has 234 valence electrons. The van der Waals surface area contributed by atoms with Gasteiger partial charge >= 0.3 is 6.55 Å². The molecule has 4 atom stereocenters. The average Bonchev–Trinajstić information content (AvgIpc) is 3.74. The summed E-state index contributed by atoms with van der Waals surface area (Å²) >= 11 is 7.87. The van der Waals surface area contributed by atoms with Gasteiger partial charge < -0.3 is 10.0 Å². The van der Waals surface area contributed by atoms with Gasteiger partial charge in [0.15, 0.2) is 10.8 Å². The largest absolute Gasteiger partial charge is 0.390 e. The average molecular weight is 667 g/mol. The number of hydrogen-bond donors (Lipinski definition) is 2. The van der Waals surface area contributed by atoms with E-state index in [0.29, 0.717) is 45.2 Å². The van der Waals surface area contributed by atoms with E-state index in [2.05, 4.69) is 14.8 Å². The Balaban J connectivity index is 1.29. The number of thiazole rings is 1. The van der Waals surface area contributed by atoms with Crippen molar-refractivity contribution in [1.29, 1.82) is 0 Å². The summed E-state index contributed by atoms with van der Waals surface area (Å²) in [6.07, 6.45) is 5.44. The Morgan fingerprint density at radius 2 is 1.95 bits per heavy atom. The molecule has 4 heterocycles. The van der Waals surface area contributed by atoms with Gasteiger partial charge in [-0.1, -0.05) is 17.7 Å². The van der Waals surface area contributed by atoms with Crippen molar-refractivity contribution in [2.75, 3.05) is 6.54 Å². The van der Waals surface area contributed by atoms with Crippen molar-refractivity contribution >= 4 is 44.4 Å². The number of amidine groups is 1. The Morgan fingerprint density at radius 1 is 1.20 bits per heavy atom. The number of sulfonamides is 1. The van der Waals surface area contributed by atoms with E-state index >= 15 is 0 Å². The molecule has 7 rings (SSSR count). The van der Waals surface area contributed by atoms with Gasteiger partial charge in [0.2, 0.25) is 10.0 Å². The number of fused-ring (bicyclic) bond motifs is 3. The lowest BCUT2D eigenvalue weighted by atomic mass is 9.76. The van der Waals surface area contributed by atoms with Gasteiger partial charge in [0.05, 0.1) is 16.5 Å². The first-order valence-electron chi connectivity index (χ1n) is 14.4. The number of aliphatic hydroxyl groups is 1. The highest BCUT2D eigenvalue weighted by molar-refractivity contribution is 7.90. The quantitative estimate of drug-likeness (QED) is 0.351. The van der Waals surface area contributed by atoms with Gasteiger partial charge in [-0.3, -0.25) is 4.99 Å². The Kier molecular flexibility index (Phi) is 7.43. The fourth-order valence-corrected chi connectivity index (χ4v) is 10.1. The molecule has 4 aliphatic rings. The van der Waals surface area contributed by atoms with E-state index < -0.39 is 45.3 Å². The Hall–Kier alpha value is -2.78. The number of rotatable bonds is 7. The molecule has 15 heteroatoms. The third kappa shape index (κ3) is 5.08. The van der Waals surface area contributed by atoms with Crippen LogP contribution in [0.4, 0.5) is 13.2 Å². The van der Waals surface area contributed by atoms with Crippen molar-refractivity contribution in [3.05, 3.63) is 74.8 Å². The van der Waals surface area contributed by atoms with Crippen molar-refractivity contribution in [3.63, 3.8) is 0 Å². The first kappa shape index (κ1) is 29.9. The van der Waals surface area contributed by atoms with E-state index in [0.717, 1.165) is 12.8 Å². The Labute approximate surface area is 261 Å². The zero-order valence-corrected chi connectivity index (χ0v) is 26.0. The van der Waals surface area contributed by atoms with Crippen LogP contribution in [0.5, 0.6) is 0 Å². The van der Waals surface area contributed by atoms with E-state index in [-0.39, 0.29) is 35.5 Å². The monoisotopic (exact) mass is 666 g/mol. The van der Waals surface area contributed by atoms with Crippen molar-refractivity contribution in [1.82, 2.24) is 24.4 Å². The number of hydrogen-bond acceptors (Lipinski definition) is 8. The third-order valence-electron chi connectivity index (χ3n) is 9.61. The summed E-state index contributed by atoms with van der Waals surface area (Å²) in [6, 6.07) is 3.99. The molecule has 3 aromatic rings. The predicted molar refractivity (Wildman–Crippen MR) is 160 cm³/mol. The molecule has 9 nitrogen and oxygen atoms in total. The molecule has 2 saturated carbocycles. The SMILES string of the molecule is CC1(O)C2CCC1CC(S(=O)(=O)N[C@H]1CC3=C(c4ccn(C(F)F)n4)[C@H](c4ccc(F)cc4Cl)N=C(c4nccs4)N3C1)C2. The highest BCUT2D eigenvalue weighted by Gasteiger charge is 2.53. The number of benzene rings is 1. The number of alkyl halides is 2. The van der Waals surface area contributed by atoms with Crippen molar-refractivity contribution in [3.8, 4) is 0 Å². The molecule has 2 aromatic heterocycles. The maximum absolute atomic E-state index is 14.1. The molecule has 0 spiro atoms. The molecule has 2 bridgehead atoms. The maximum Gasteiger partial charge on any atom is 0.333 e. The van der Waals surface area contributed by atoms with Crippen LogP contribution in [-0.2, 0) is 10.0 Å². The van der Waals surface area contributed by atoms with Gasteiger partial charge in [0.1, 0.15) is 11.9 Å². The fraction of sp³-hybridized carbons (Fsp3) is 0.483. The summed E-state index contributed by atoms with van der Waals surface area (Å²) in [7, 11) is -3.77. The van der Waals surface area contributed by atoms with Crippen molar-refractivity contribution in [2.45, 2.75) is 68.5 Å². The van der Waals surface area contributed by atoms with Gasteiger partial charge in [-0.25, -0.2) is 27.2 Å². The van der Waals surface area contributed by atoms with Gasteiger partial charge in [0.25, 0.3) is 0 Å². The highest BCUT2D eigenvalue weighted by Crippen LogP contribution is 2.51. The lowest BCUT2D eigenvalue weighted by molar-refractivity contribution is -0.0414. The number of aromatic nitrogens is 3. The molecule has 2 aliphatic heterocycles. The van der Waals surface area contributed by atoms with Crippen molar-refractivity contribution in [2.24, 2.45) is 16.8 Å². The topological polar surface area (TPSA) is 113 Å². The standard InChI is InChI=1S/C29H30ClF3N6O3S2/c1-29(40)15-2-3-16(29)11-19(10-15)44(41,42)37-18-13-23-24(22-6-8-39(36-22)28(32)33)25(20-5-4-17(31)12-21(20)30)35-26(38(23)14-18)27-34-7-9-43-27/h4-9,12,15-16,18-19,25,28,37,40H,2-3,10-11,13-14H2,1H3/t15?,16?,18-,19?,25-,29?/m0/s1. The molecular formula is C29H30ClF3N6O3S2. The van der Waals surface area contributed by atoms with Crippen LogP contribution in [0.3, 0.4) is 0 Å². The maximum atomic E-state index is 14.1.